The lowest BCUT2D eigenvalue weighted by Crippen LogP contribution is -2.33. The van der Waals surface area contributed by atoms with Crippen LogP contribution in [0.2, 0.25) is 0 Å². The Bertz CT molecular complexity index is 1100. The van der Waals surface area contributed by atoms with Crippen molar-refractivity contribution in [3.63, 3.8) is 0 Å². The first kappa shape index (κ1) is 11.7. The molecule has 4 heteroatoms. The number of aryl methyl sites for hydroxylation is 1. The van der Waals surface area contributed by atoms with E-state index in [0.29, 0.717) is 6.54 Å². The summed E-state index contributed by atoms with van der Waals surface area (Å²) in [5.74, 6) is 0.876. The molecule has 22 heavy (non-hydrogen) atoms. The van der Waals surface area contributed by atoms with Crippen LogP contribution >= 0.6 is 0 Å². The normalized spacial score (nSPS) is 13.3. The Balaban J connectivity index is 1.93. The van der Waals surface area contributed by atoms with Crippen molar-refractivity contribution in [1.29, 1.82) is 0 Å². The fraction of sp³-hybridized carbons (Fsp3) is 0.111. The summed E-state index contributed by atoms with van der Waals surface area (Å²) in [6, 6.07) is 16.0. The second kappa shape index (κ2) is 4.07. The van der Waals surface area contributed by atoms with Crippen molar-refractivity contribution < 1.29 is 4.98 Å². The summed E-state index contributed by atoms with van der Waals surface area (Å²) < 4.78 is 1.85. The molecular formula is C18H14N3O+. The maximum atomic E-state index is 12.7. The third kappa shape index (κ3) is 1.41. The standard InChI is InChI=1S/C18H13N3O/c22-18-13-6-2-4-8-15(13)20-17-16-12(9-10-21(17)18)11-5-1-3-7-14(11)19-16/h1-8,19H,9-10H2/p+1. The summed E-state index contributed by atoms with van der Waals surface area (Å²) >= 11 is 0. The average molecular weight is 288 g/mol. The van der Waals surface area contributed by atoms with E-state index < -0.39 is 0 Å². The molecule has 2 aromatic carbocycles. The summed E-state index contributed by atoms with van der Waals surface area (Å²) in [5, 5.41) is 1.99. The topological polar surface area (TPSA) is 51.9 Å². The molecule has 2 N–H and O–H groups in total. The van der Waals surface area contributed by atoms with Crippen LogP contribution in [0.15, 0.2) is 53.3 Å². The van der Waals surface area contributed by atoms with Crippen LogP contribution in [0, 0.1) is 0 Å². The van der Waals surface area contributed by atoms with E-state index >= 15 is 0 Å². The molecule has 4 nitrogen and oxygen atoms in total. The van der Waals surface area contributed by atoms with Crippen molar-refractivity contribution >= 4 is 21.8 Å². The minimum atomic E-state index is 0.0775. The molecular weight excluding hydrogens is 274 g/mol. The van der Waals surface area contributed by atoms with E-state index in [4.69, 9.17) is 0 Å². The fourth-order valence-corrected chi connectivity index (χ4v) is 3.52. The van der Waals surface area contributed by atoms with Crippen molar-refractivity contribution in [1.82, 2.24) is 9.55 Å². The van der Waals surface area contributed by atoms with Gasteiger partial charge in [0.2, 0.25) is 0 Å². The zero-order valence-corrected chi connectivity index (χ0v) is 11.9. The number of hydrogen-bond donors (Lipinski definition) is 1. The van der Waals surface area contributed by atoms with Gasteiger partial charge >= 0.3 is 11.4 Å². The third-order valence-corrected chi connectivity index (χ3v) is 4.56. The lowest BCUT2D eigenvalue weighted by molar-refractivity contribution is -0.339. The second-order valence-electron chi connectivity index (χ2n) is 5.75. The number of H-pyrrole nitrogens is 2. The van der Waals surface area contributed by atoms with Gasteiger partial charge in [-0.3, -0.25) is 0 Å². The number of hydrogen-bond acceptors (Lipinski definition) is 1. The van der Waals surface area contributed by atoms with E-state index in [-0.39, 0.29) is 5.56 Å². The Morgan fingerprint density at radius 1 is 1.00 bits per heavy atom. The highest BCUT2D eigenvalue weighted by Gasteiger charge is 2.29. The maximum Gasteiger partial charge on any atom is 0.345 e. The van der Waals surface area contributed by atoms with Crippen LogP contribution < -0.4 is 10.5 Å². The smallest absolute Gasteiger partial charge is 0.345 e. The van der Waals surface area contributed by atoms with E-state index in [1.165, 1.54) is 10.9 Å². The molecule has 0 bridgehead atoms. The summed E-state index contributed by atoms with van der Waals surface area (Å²) in [6.07, 6.45) is 0.873. The van der Waals surface area contributed by atoms with Gasteiger partial charge in [-0.25, -0.2) is 9.78 Å². The highest BCUT2D eigenvalue weighted by molar-refractivity contribution is 5.90. The van der Waals surface area contributed by atoms with E-state index in [9.17, 15) is 4.79 Å². The molecule has 0 unspecified atom stereocenters. The van der Waals surface area contributed by atoms with E-state index in [0.717, 1.165) is 34.4 Å². The summed E-state index contributed by atoms with van der Waals surface area (Å²) in [7, 11) is 0. The number of para-hydroxylation sites is 2. The number of nitrogens with one attached hydrogen (secondary N) is 2. The van der Waals surface area contributed by atoms with Gasteiger partial charge in [-0.1, -0.05) is 30.3 Å². The first-order valence-corrected chi connectivity index (χ1v) is 7.48. The molecule has 0 amide bonds. The van der Waals surface area contributed by atoms with Crippen molar-refractivity contribution in [3.05, 3.63) is 64.4 Å². The molecule has 2 aromatic heterocycles. The molecule has 1 aliphatic heterocycles. The van der Waals surface area contributed by atoms with Gasteiger partial charge in [-0.05, 0) is 23.8 Å². The summed E-state index contributed by atoms with van der Waals surface area (Å²) in [6.45, 7) is 0.713. The predicted octanol–water partition coefficient (Wildman–Crippen LogP) is 2.52. The Morgan fingerprint density at radius 3 is 2.68 bits per heavy atom. The SMILES string of the molecule is O=c1c2ccccc2[nH+]c2n1CCc1c-2[nH]c2ccccc12. The molecule has 5 rings (SSSR count). The van der Waals surface area contributed by atoms with Crippen LogP contribution in [-0.2, 0) is 13.0 Å². The molecule has 0 saturated carbocycles. The lowest BCUT2D eigenvalue weighted by Gasteiger charge is -2.12. The zero-order valence-electron chi connectivity index (χ0n) is 11.9. The van der Waals surface area contributed by atoms with Gasteiger partial charge in [-0.15, -0.1) is 0 Å². The Kier molecular flexibility index (Phi) is 2.17. The van der Waals surface area contributed by atoms with Crippen molar-refractivity contribution in [2.45, 2.75) is 13.0 Å². The largest absolute Gasteiger partial charge is 0.348 e. The van der Waals surface area contributed by atoms with Crippen LogP contribution in [0.3, 0.4) is 0 Å². The highest BCUT2D eigenvalue weighted by Crippen LogP contribution is 2.31. The fourth-order valence-electron chi connectivity index (χ4n) is 3.52. The minimum absolute atomic E-state index is 0.0775. The number of nitrogens with zero attached hydrogens (tertiary/aromatic N) is 1. The van der Waals surface area contributed by atoms with E-state index in [1.54, 1.807) is 0 Å². The number of fused-ring (bicyclic) bond motifs is 6. The minimum Gasteiger partial charge on any atom is -0.348 e. The zero-order chi connectivity index (χ0) is 14.7. The van der Waals surface area contributed by atoms with Crippen LogP contribution in [0.1, 0.15) is 5.56 Å². The summed E-state index contributed by atoms with van der Waals surface area (Å²) in [4.78, 5) is 19.6. The number of aromatic amines is 2. The molecule has 0 fully saturated rings. The molecule has 0 saturated heterocycles. The molecule has 106 valence electrons. The highest BCUT2D eigenvalue weighted by atomic mass is 16.1. The van der Waals surface area contributed by atoms with Crippen LogP contribution in [-0.4, -0.2) is 9.55 Å². The first-order valence-electron chi connectivity index (χ1n) is 7.48. The van der Waals surface area contributed by atoms with E-state index in [1.807, 2.05) is 34.9 Å². The van der Waals surface area contributed by atoms with Gasteiger partial charge < -0.3 is 4.98 Å². The monoisotopic (exact) mass is 288 g/mol. The quantitative estimate of drug-likeness (QED) is 0.531. The Hall–Kier alpha value is -2.88. The maximum absolute atomic E-state index is 12.7. The molecule has 0 aliphatic carbocycles. The van der Waals surface area contributed by atoms with Crippen molar-refractivity contribution in [2.24, 2.45) is 0 Å². The number of rotatable bonds is 0. The molecule has 1 aliphatic rings. The predicted molar refractivity (Wildman–Crippen MR) is 85.8 cm³/mol. The van der Waals surface area contributed by atoms with Crippen LogP contribution in [0.25, 0.3) is 33.3 Å². The van der Waals surface area contributed by atoms with Gasteiger partial charge in [0.1, 0.15) is 16.6 Å². The second-order valence-corrected chi connectivity index (χ2v) is 5.75. The molecule has 0 atom stereocenters. The number of benzene rings is 2. The van der Waals surface area contributed by atoms with Gasteiger partial charge in [0.05, 0.1) is 6.54 Å². The van der Waals surface area contributed by atoms with Crippen LogP contribution in [0.5, 0.6) is 0 Å². The van der Waals surface area contributed by atoms with Gasteiger partial charge in [0.15, 0.2) is 0 Å². The van der Waals surface area contributed by atoms with Crippen molar-refractivity contribution in [2.75, 3.05) is 0 Å². The molecule has 4 aromatic rings. The Labute approximate surface area is 126 Å². The Morgan fingerprint density at radius 2 is 1.77 bits per heavy atom. The van der Waals surface area contributed by atoms with Gasteiger partial charge in [0, 0.05) is 17.3 Å². The molecule has 0 spiro atoms. The number of aromatic nitrogens is 3. The third-order valence-electron chi connectivity index (χ3n) is 4.56. The van der Waals surface area contributed by atoms with Crippen molar-refractivity contribution in [3.8, 4) is 11.5 Å². The summed E-state index contributed by atoms with van der Waals surface area (Å²) in [5.41, 5.74) is 4.41. The van der Waals surface area contributed by atoms with Crippen LogP contribution in [0.4, 0.5) is 0 Å². The van der Waals surface area contributed by atoms with Gasteiger partial charge in [-0.2, -0.15) is 4.57 Å². The molecule has 0 radical (unpaired) electrons. The lowest BCUT2D eigenvalue weighted by atomic mass is 10.0. The van der Waals surface area contributed by atoms with E-state index in [2.05, 4.69) is 28.2 Å². The average Bonchev–Trinajstić information content (AvgIpc) is 2.94. The van der Waals surface area contributed by atoms with Gasteiger partial charge in [0.25, 0.3) is 0 Å². The first-order chi connectivity index (χ1) is 10.8. The molecule has 3 heterocycles.